The van der Waals surface area contributed by atoms with Gasteiger partial charge in [-0.3, -0.25) is 9.89 Å². The molecule has 2 aromatic rings. The molecule has 0 unspecified atom stereocenters. The number of piperazine rings is 1. The van der Waals surface area contributed by atoms with Gasteiger partial charge in [0.05, 0.1) is 11.8 Å². The molecule has 6 nitrogen and oxygen atoms in total. The van der Waals surface area contributed by atoms with Crippen LogP contribution in [0.25, 0.3) is 0 Å². The molecule has 2 aromatic carbocycles. The molecule has 3 rings (SSSR count). The maximum Gasteiger partial charge on any atom is 0.193 e. The summed E-state index contributed by atoms with van der Waals surface area (Å²) in [4.78, 5) is 8.92. The van der Waals surface area contributed by atoms with Gasteiger partial charge in [0.2, 0.25) is 0 Å². The molecule has 0 aromatic heterocycles. The summed E-state index contributed by atoms with van der Waals surface area (Å²) in [5.74, 6) is 1.10. The minimum Gasteiger partial charge on any atom is -0.491 e. The van der Waals surface area contributed by atoms with Crippen LogP contribution in [-0.4, -0.2) is 56.2 Å². The second kappa shape index (κ2) is 12.7. The highest BCUT2D eigenvalue weighted by Crippen LogP contribution is 2.20. The Morgan fingerprint density at radius 2 is 1.77 bits per heavy atom. The highest BCUT2D eigenvalue weighted by Gasteiger charge is 2.18. The molecular weight excluding hydrogens is 508 g/mol. The largest absolute Gasteiger partial charge is 0.491 e. The summed E-state index contributed by atoms with van der Waals surface area (Å²) >= 11 is 0. The lowest BCUT2D eigenvalue weighted by molar-refractivity contribution is 0.242. The van der Waals surface area contributed by atoms with Gasteiger partial charge in [0.25, 0.3) is 0 Å². The molecule has 0 aliphatic carbocycles. The van der Waals surface area contributed by atoms with Crippen LogP contribution in [0.15, 0.2) is 53.5 Å². The van der Waals surface area contributed by atoms with Crippen molar-refractivity contribution in [2.75, 3.05) is 49.5 Å². The molecule has 31 heavy (non-hydrogen) atoms. The van der Waals surface area contributed by atoms with Gasteiger partial charge >= 0.3 is 0 Å². The van der Waals surface area contributed by atoms with Crippen molar-refractivity contribution in [3.8, 4) is 5.75 Å². The maximum atomic E-state index is 13.9. The number of aliphatic imine (C=N–C) groups is 1. The minimum atomic E-state index is -0.148. The van der Waals surface area contributed by atoms with E-state index < -0.39 is 0 Å². The van der Waals surface area contributed by atoms with Gasteiger partial charge < -0.3 is 20.7 Å². The van der Waals surface area contributed by atoms with Gasteiger partial charge in [-0.05, 0) is 56.7 Å². The highest BCUT2D eigenvalue weighted by atomic mass is 127. The number of halogens is 2. The predicted octanol–water partition coefficient (Wildman–Crippen LogP) is 4.17. The monoisotopic (exact) mass is 541 g/mol. The van der Waals surface area contributed by atoms with Crippen molar-refractivity contribution in [1.82, 2.24) is 4.90 Å². The Balaban J connectivity index is 0.00000341. The number of nitrogens with one attached hydrogen (secondary N) is 1. The number of ether oxygens (including phenoxy) is 1. The molecule has 0 spiro atoms. The van der Waals surface area contributed by atoms with Gasteiger partial charge in [-0.15, -0.1) is 24.0 Å². The maximum absolute atomic E-state index is 13.9. The van der Waals surface area contributed by atoms with E-state index in [-0.39, 0.29) is 35.9 Å². The topological polar surface area (TPSA) is 66.1 Å². The van der Waals surface area contributed by atoms with Crippen molar-refractivity contribution in [2.24, 2.45) is 10.7 Å². The van der Waals surface area contributed by atoms with Gasteiger partial charge in [-0.25, -0.2) is 4.39 Å². The number of rotatable bonds is 8. The summed E-state index contributed by atoms with van der Waals surface area (Å²) < 4.78 is 19.6. The molecular formula is C23H33FIN5O. The average molecular weight is 541 g/mol. The van der Waals surface area contributed by atoms with Crippen LogP contribution in [0.1, 0.15) is 20.3 Å². The van der Waals surface area contributed by atoms with Gasteiger partial charge in [0.15, 0.2) is 5.96 Å². The van der Waals surface area contributed by atoms with E-state index in [9.17, 15) is 4.39 Å². The van der Waals surface area contributed by atoms with Gasteiger partial charge in [-0.1, -0.05) is 12.1 Å². The third kappa shape index (κ3) is 8.17. The summed E-state index contributed by atoms with van der Waals surface area (Å²) in [6.07, 6.45) is 1.08. The van der Waals surface area contributed by atoms with Crippen molar-refractivity contribution < 1.29 is 9.13 Å². The van der Waals surface area contributed by atoms with E-state index >= 15 is 0 Å². The van der Waals surface area contributed by atoms with Crippen LogP contribution in [0.5, 0.6) is 5.75 Å². The molecule has 1 heterocycles. The summed E-state index contributed by atoms with van der Waals surface area (Å²) in [6, 6.07) is 14.7. The average Bonchev–Trinajstić information content (AvgIpc) is 2.73. The van der Waals surface area contributed by atoms with E-state index in [4.69, 9.17) is 10.5 Å². The fraction of sp³-hybridized carbons (Fsp3) is 0.435. The molecule has 0 radical (unpaired) electrons. The fourth-order valence-electron chi connectivity index (χ4n) is 3.49. The normalized spacial score (nSPS) is 15.0. The second-order valence-electron chi connectivity index (χ2n) is 7.72. The Kier molecular flexibility index (Phi) is 10.3. The van der Waals surface area contributed by atoms with E-state index in [0.29, 0.717) is 18.2 Å². The lowest BCUT2D eigenvalue weighted by atomic mass is 10.2. The zero-order chi connectivity index (χ0) is 21.3. The number of hydrogen-bond donors (Lipinski definition) is 2. The molecule has 1 fully saturated rings. The Labute approximate surface area is 201 Å². The number of nitrogens with zero attached hydrogens (tertiary/aromatic N) is 3. The van der Waals surface area contributed by atoms with Crippen LogP contribution >= 0.6 is 24.0 Å². The highest BCUT2D eigenvalue weighted by molar-refractivity contribution is 14.0. The summed E-state index contributed by atoms with van der Waals surface area (Å²) in [7, 11) is 0. The quantitative estimate of drug-likeness (QED) is 0.227. The lowest BCUT2D eigenvalue weighted by Gasteiger charge is -2.36. The summed E-state index contributed by atoms with van der Waals surface area (Å²) in [6.45, 7) is 9.16. The molecule has 170 valence electrons. The fourth-order valence-corrected chi connectivity index (χ4v) is 3.49. The van der Waals surface area contributed by atoms with Gasteiger partial charge in [0.1, 0.15) is 11.6 Å². The first kappa shape index (κ1) is 25.2. The first-order valence-electron chi connectivity index (χ1n) is 10.6. The Morgan fingerprint density at radius 3 is 2.42 bits per heavy atom. The number of anilines is 2. The summed E-state index contributed by atoms with van der Waals surface area (Å²) in [5, 5.41) is 3.11. The van der Waals surface area contributed by atoms with Crippen LogP contribution < -0.4 is 20.7 Å². The van der Waals surface area contributed by atoms with E-state index in [0.717, 1.165) is 50.6 Å². The molecule has 0 saturated carbocycles. The van der Waals surface area contributed by atoms with Crippen molar-refractivity contribution in [3.05, 3.63) is 54.3 Å². The van der Waals surface area contributed by atoms with Crippen LogP contribution in [0.4, 0.5) is 15.8 Å². The molecule has 3 N–H and O–H groups in total. The zero-order valence-corrected chi connectivity index (χ0v) is 20.6. The number of guanidine groups is 1. The van der Waals surface area contributed by atoms with E-state index in [2.05, 4.69) is 20.1 Å². The molecule has 0 bridgehead atoms. The first-order valence-corrected chi connectivity index (χ1v) is 10.6. The summed E-state index contributed by atoms with van der Waals surface area (Å²) in [5.41, 5.74) is 7.58. The lowest BCUT2D eigenvalue weighted by Crippen LogP contribution is -2.47. The number of nitrogens with two attached hydrogens (primary N) is 1. The number of benzene rings is 2. The third-order valence-corrected chi connectivity index (χ3v) is 4.98. The minimum absolute atomic E-state index is 0. The van der Waals surface area contributed by atoms with Crippen LogP contribution in [0.2, 0.25) is 0 Å². The van der Waals surface area contributed by atoms with Crippen molar-refractivity contribution >= 4 is 41.3 Å². The smallest absolute Gasteiger partial charge is 0.193 e. The van der Waals surface area contributed by atoms with E-state index in [1.54, 1.807) is 6.07 Å². The third-order valence-electron chi connectivity index (χ3n) is 4.98. The Bertz CT molecular complexity index is 823. The van der Waals surface area contributed by atoms with Crippen LogP contribution in [0.3, 0.4) is 0 Å². The van der Waals surface area contributed by atoms with Crippen LogP contribution in [0, 0.1) is 5.82 Å². The standard InChI is InChI=1S/C23H32FN5O.HI/c1-18(2)30-20-10-8-19(9-11-20)27-23(25)26-12-5-13-28-14-16-29(17-15-28)22-7-4-3-6-21(22)24;/h3-4,6-11,18H,5,12-17H2,1-2H3,(H3,25,26,27);1H. The molecule has 0 amide bonds. The first-order chi connectivity index (χ1) is 14.5. The Morgan fingerprint density at radius 1 is 1.10 bits per heavy atom. The van der Waals surface area contributed by atoms with Crippen molar-refractivity contribution in [2.45, 2.75) is 26.4 Å². The van der Waals surface area contributed by atoms with E-state index in [1.165, 1.54) is 6.07 Å². The molecule has 8 heteroatoms. The second-order valence-corrected chi connectivity index (χ2v) is 7.72. The molecule has 0 atom stereocenters. The zero-order valence-electron chi connectivity index (χ0n) is 18.3. The Hall–Kier alpha value is -2.07. The molecule has 1 aliphatic heterocycles. The predicted molar refractivity (Wildman–Crippen MR) is 137 cm³/mol. The number of hydrogen-bond acceptors (Lipinski definition) is 4. The SMILES string of the molecule is CC(C)Oc1ccc(NC(N)=NCCCN2CCN(c3ccccc3F)CC2)cc1.I. The van der Waals surface area contributed by atoms with Crippen molar-refractivity contribution in [3.63, 3.8) is 0 Å². The van der Waals surface area contributed by atoms with Crippen molar-refractivity contribution in [1.29, 1.82) is 0 Å². The van der Waals surface area contributed by atoms with Crippen LogP contribution in [-0.2, 0) is 0 Å². The van der Waals surface area contributed by atoms with Gasteiger partial charge in [-0.2, -0.15) is 0 Å². The molecule has 1 aliphatic rings. The van der Waals surface area contributed by atoms with E-state index in [1.807, 2.05) is 50.2 Å². The number of para-hydroxylation sites is 1. The molecule has 1 saturated heterocycles. The van der Waals surface area contributed by atoms with Gasteiger partial charge in [0, 0.05) is 45.0 Å².